The molecule has 6 nitrogen and oxygen atoms in total. The van der Waals surface area contributed by atoms with Gasteiger partial charge in [0.1, 0.15) is 18.1 Å². The average Bonchev–Trinajstić information content (AvgIpc) is 3.16. The van der Waals surface area contributed by atoms with Gasteiger partial charge in [0.25, 0.3) is 0 Å². The molecule has 2 heterocycles. The predicted molar refractivity (Wildman–Crippen MR) is 104 cm³/mol. The summed E-state index contributed by atoms with van der Waals surface area (Å²) in [5.41, 5.74) is 1.94. The third-order valence-electron chi connectivity index (χ3n) is 4.81. The van der Waals surface area contributed by atoms with Gasteiger partial charge in [-0.05, 0) is 29.8 Å². The van der Waals surface area contributed by atoms with Crippen LogP contribution in [0.15, 0.2) is 65.2 Å². The van der Waals surface area contributed by atoms with Gasteiger partial charge >= 0.3 is 0 Å². The average molecular weight is 380 g/mol. The number of ether oxygens (including phenoxy) is 3. The summed E-state index contributed by atoms with van der Waals surface area (Å²) in [6.45, 7) is 2.40. The fourth-order valence-electron chi connectivity index (χ4n) is 3.21. The van der Waals surface area contributed by atoms with E-state index in [0.29, 0.717) is 25.6 Å². The van der Waals surface area contributed by atoms with Crippen LogP contribution in [0.4, 0.5) is 0 Å². The summed E-state index contributed by atoms with van der Waals surface area (Å²) in [7, 11) is 1.68. The lowest BCUT2D eigenvalue weighted by molar-refractivity contribution is -0.0755. The van der Waals surface area contributed by atoms with E-state index in [9.17, 15) is 0 Å². The molecule has 0 spiro atoms. The maximum Gasteiger partial charge on any atom is 0.174 e. The van der Waals surface area contributed by atoms with Crippen LogP contribution in [0.2, 0.25) is 0 Å². The van der Waals surface area contributed by atoms with Gasteiger partial charge in [0.15, 0.2) is 5.76 Å². The summed E-state index contributed by atoms with van der Waals surface area (Å²) in [4.78, 5) is 0. The minimum atomic E-state index is -0.127. The molecule has 1 aliphatic rings. The fraction of sp³-hybridized carbons (Fsp3) is 0.318. The molecule has 28 heavy (non-hydrogen) atoms. The number of aromatic nitrogens is 1. The Bertz CT molecular complexity index is 890. The van der Waals surface area contributed by atoms with Crippen LogP contribution in [0.5, 0.6) is 11.5 Å². The first-order valence-electron chi connectivity index (χ1n) is 9.33. The molecular weight excluding hydrogens is 356 g/mol. The number of nitrogens with zero attached hydrogens (tertiary/aromatic N) is 1. The lowest BCUT2D eigenvalue weighted by Crippen LogP contribution is -2.61. The molecule has 6 heteroatoms. The van der Waals surface area contributed by atoms with Gasteiger partial charge in [-0.2, -0.15) is 0 Å². The number of para-hydroxylation sites is 1. The fourth-order valence-corrected chi connectivity index (χ4v) is 3.21. The molecule has 0 aliphatic carbocycles. The number of nitrogens with one attached hydrogen (secondary N) is 1. The molecule has 1 aliphatic heterocycles. The molecule has 1 N–H and O–H groups in total. The predicted octanol–water partition coefficient (Wildman–Crippen LogP) is 3.36. The number of hydrogen-bond donors (Lipinski definition) is 1. The summed E-state index contributed by atoms with van der Waals surface area (Å²) in [5.74, 6) is 2.38. The third kappa shape index (κ3) is 4.52. The Kier molecular flexibility index (Phi) is 5.60. The number of methoxy groups -OCH3 is 1. The third-order valence-corrected chi connectivity index (χ3v) is 4.81. The van der Waals surface area contributed by atoms with Crippen molar-refractivity contribution in [3.8, 4) is 11.5 Å². The maximum atomic E-state index is 5.72. The summed E-state index contributed by atoms with van der Waals surface area (Å²) in [6, 6.07) is 19.7. The summed E-state index contributed by atoms with van der Waals surface area (Å²) in [6.07, 6.45) is 0.742. The molecule has 0 bridgehead atoms. The Balaban J connectivity index is 1.33. The molecule has 0 radical (unpaired) electrons. The second kappa shape index (κ2) is 8.46. The monoisotopic (exact) mass is 380 g/mol. The summed E-state index contributed by atoms with van der Waals surface area (Å²) in [5, 5.41) is 7.83. The second-order valence-corrected chi connectivity index (χ2v) is 7.04. The molecule has 1 aromatic heterocycles. The van der Waals surface area contributed by atoms with E-state index in [-0.39, 0.29) is 5.54 Å². The van der Waals surface area contributed by atoms with Gasteiger partial charge in [0, 0.05) is 19.0 Å². The maximum absolute atomic E-state index is 5.72. The van der Waals surface area contributed by atoms with Crippen LogP contribution < -0.4 is 14.8 Å². The minimum absolute atomic E-state index is 0.127. The van der Waals surface area contributed by atoms with Gasteiger partial charge in [-0.15, -0.1) is 0 Å². The van der Waals surface area contributed by atoms with Crippen LogP contribution in [0.25, 0.3) is 0 Å². The van der Waals surface area contributed by atoms with Gasteiger partial charge in [-0.1, -0.05) is 35.5 Å². The molecule has 0 atom stereocenters. The molecule has 4 rings (SSSR count). The summed E-state index contributed by atoms with van der Waals surface area (Å²) >= 11 is 0. The summed E-state index contributed by atoms with van der Waals surface area (Å²) < 4.78 is 21.9. The van der Waals surface area contributed by atoms with Crippen molar-refractivity contribution < 1.29 is 18.7 Å². The standard InChI is InChI=1S/C22H24N2O4/c1-25-20-9-5-6-17(10-20)13-23-22(15-26-16-22)12-18-11-21(28-24-18)14-27-19-7-3-2-4-8-19/h2-11,23H,12-16H2,1H3. The van der Waals surface area contributed by atoms with Crippen molar-refractivity contribution in [3.63, 3.8) is 0 Å². The van der Waals surface area contributed by atoms with Crippen molar-refractivity contribution in [2.45, 2.75) is 25.1 Å². The van der Waals surface area contributed by atoms with Crippen LogP contribution in [0, 0.1) is 0 Å². The number of hydrogen-bond acceptors (Lipinski definition) is 6. The zero-order valence-corrected chi connectivity index (χ0v) is 15.9. The highest BCUT2D eigenvalue weighted by atomic mass is 16.5. The quantitative estimate of drug-likeness (QED) is 0.614. The first-order valence-corrected chi connectivity index (χ1v) is 9.33. The smallest absolute Gasteiger partial charge is 0.174 e. The van der Waals surface area contributed by atoms with Crippen LogP contribution in [-0.4, -0.2) is 31.0 Å². The Morgan fingerprint density at radius 1 is 1.04 bits per heavy atom. The molecule has 146 valence electrons. The normalized spacial score (nSPS) is 15.0. The zero-order chi connectivity index (χ0) is 19.2. The number of rotatable bonds is 9. The van der Waals surface area contributed by atoms with Crippen molar-refractivity contribution in [1.29, 1.82) is 0 Å². The topological polar surface area (TPSA) is 65.8 Å². The van der Waals surface area contributed by atoms with Crippen molar-refractivity contribution in [1.82, 2.24) is 10.5 Å². The van der Waals surface area contributed by atoms with Crippen LogP contribution in [0.3, 0.4) is 0 Å². The number of benzene rings is 2. The van der Waals surface area contributed by atoms with Gasteiger partial charge in [0.05, 0.1) is 31.6 Å². The molecule has 0 amide bonds. The lowest BCUT2D eigenvalue weighted by Gasteiger charge is -2.42. The minimum Gasteiger partial charge on any atom is -0.497 e. The Morgan fingerprint density at radius 3 is 2.61 bits per heavy atom. The van der Waals surface area contributed by atoms with E-state index < -0.39 is 0 Å². The zero-order valence-electron chi connectivity index (χ0n) is 15.9. The van der Waals surface area contributed by atoms with Crippen molar-refractivity contribution in [3.05, 3.63) is 77.7 Å². The highest BCUT2D eigenvalue weighted by molar-refractivity contribution is 5.28. The van der Waals surface area contributed by atoms with E-state index in [1.165, 1.54) is 5.56 Å². The van der Waals surface area contributed by atoms with E-state index in [0.717, 1.165) is 30.2 Å². The van der Waals surface area contributed by atoms with Gasteiger partial charge in [-0.25, -0.2) is 0 Å². The second-order valence-electron chi connectivity index (χ2n) is 7.04. The first kappa shape index (κ1) is 18.5. The molecular formula is C22H24N2O4. The van der Waals surface area contributed by atoms with E-state index >= 15 is 0 Å². The highest BCUT2D eigenvalue weighted by Crippen LogP contribution is 2.24. The van der Waals surface area contributed by atoms with E-state index in [4.69, 9.17) is 18.7 Å². The van der Waals surface area contributed by atoms with Gasteiger partial charge in [-0.3, -0.25) is 0 Å². The molecule has 3 aromatic rings. The molecule has 0 saturated carbocycles. The first-order chi connectivity index (χ1) is 13.7. The Hall–Kier alpha value is -2.83. The largest absolute Gasteiger partial charge is 0.497 e. The lowest BCUT2D eigenvalue weighted by atomic mass is 9.91. The Morgan fingerprint density at radius 2 is 1.86 bits per heavy atom. The van der Waals surface area contributed by atoms with Crippen molar-refractivity contribution >= 4 is 0 Å². The van der Waals surface area contributed by atoms with Crippen molar-refractivity contribution in [2.75, 3.05) is 20.3 Å². The van der Waals surface area contributed by atoms with E-state index in [2.05, 4.69) is 16.5 Å². The van der Waals surface area contributed by atoms with Crippen LogP contribution in [-0.2, 0) is 24.3 Å². The van der Waals surface area contributed by atoms with Gasteiger partial charge < -0.3 is 24.1 Å². The van der Waals surface area contributed by atoms with Crippen LogP contribution >= 0.6 is 0 Å². The molecule has 1 fully saturated rings. The van der Waals surface area contributed by atoms with Gasteiger partial charge in [0.2, 0.25) is 0 Å². The SMILES string of the molecule is COc1cccc(CNC2(Cc3cc(COc4ccccc4)on3)COC2)c1. The van der Waals surface area contributed by atoms with E-state index in [1.54, 1.807) is 7.11 Å². The van der Waals surface area contributed by atoms with Crippen molar-refractivity contribution in [2.24, 2.45) is 0 Å². The Labute approximate surface area is 164 Å². The molecule has 1 saturated heterocycles. The van der Waals surface area contributed by atoms with Crippen LogP contribution in [0.1, 0.15) is 17.0 Å². The molecule has 0 unspecified atom stereocenters. The highest BCUT2D eigenvalue weighted by Gasteiger charge is 2.39. The molecule has 2 aromatic carbocycles. The van der Waals surface area contributed by atoms with E-state index in [1.807, 2.05) is 54.6 Å².